The Balaban J connectivity index is 2.07. The molecule has 0 N–H and O–H groups in total. The van der Waals surface area contributed by atoms with Gasteiger partial charge in [-0.2, -0.15) is 0 Å². The molecule has 0 atom stereocenters. The van der Waals surface area contributed by atoms with Crippen molar-refractivity contribution in [3.63, 3.8) is 0 Å². The first-order valence-corrected chi connectivity index (χ1v) is 8.18. The Kier molecular flexibility index (Phi) is 2.74. The monoisotopic (exact) mass is 308 g/mol. The molecule has 0 amide bonds. The van der Waals surface area contributed by atoms with Crippen molar-refractivity contribution in [1.82, 2.24) is 9.55 Å². The minimum absolute atomic E-state index is 1.03. The number of nitrogens with zero attached hydrogens (tertiary/aromatic N) is 2. The van der Waals surface area contributed by atoms with Crippen molar-refractivity contribution in [3.05, 3.63) is 84.4 Å². The second kappa shape index (κ2) is 4.93. The maximum absolute atomic E-state index is 4.97. The lowest BCUT2D eigenvalue weighted by atomic mass is 10.00. The molecule has 2 heterocycles. The quantitative estimate of drug-likeness (QED) is 0.394. The molecule has 0 bridgehead atoms. The minimum atomic E-state index is 1.03. The van der Waals surface area contributed by atoms with E-state index in [4.69, 9.17) is 4.98 Å². The summed E-state index contributed by atoms with van der Waals surface area (Å²) in [5, 5.41) is 2.49. The van der Waals surface area contributed by atoms with Crippen molar-refractivity contribution in [2.24, 2.45) is 0 Å². The van der Waals surface area contributed by atoms with Gasteiger partial charge in [-0.05, 0) is 36.8 Å². The molecule has 0 saturated carbocycles. The number of hydrogen-bond acceptors (Lipinski definition) is 1. The van der Waals surface area contributed by atoms with Gasteiger partial charge in [0.05, 0.1) is 11.0 Å². The molecule has 0 unspecified atom stereocenters. The van der Waals surface area contributed by atoms with Gasteiger partial charge in [0.15, 0.2) is 0 Å². The molecule has 2 heteroatoms. The van der Waals surface area contributed by atoms with Gasteiger partial charge in [0.25, 0.3) is 0 Å². The number of aromatic nitrogens is 2. The van der Waals surface area contributed by atoms with Crippen molar-refractivity contribution in [3.8, 4) is 17.1 Å². The molecule has 2 nitrogen and oxygen atoms in total. The smallest absolute Gasteiger partial charge is 0.146 e. The van der Waals surface area contributed by atoms with Crippen LogP contribution in [0.3, 0.4) is 0 Å². The zero-order valence-corrected chi connectivity index (χ0v) is 13.4. The summed E-state index contributed by atoms with van der Waals surface area (Å²) in [6, 6.07) is 27.5. The summed E-state index contributed by atoms with van der Waals surface area (Å²) in [4.78, 5) is 4.97. The third kappa shape index (κ3) is 1.74. The summed E-state index contributed by atoms with van der Waals surface area (Å²) < 4.78 is 2.28. The number of aryl methyl sites for hydroxylation is 1. The molecule has 5 rings (SSSR count). The second-order valence-corrected chi connectivity index (χ2v) is 6.14. The third-order valence-electron chi connectivity index (χ3n) is 4.77. The van der Waals surface area contributed by atoms with E-state index in [-0.39, 0.29) is 0 Å². The van der Waals surface area contributed by atoms with Crippen molar-refractivity contribution in [2.75, 3.05) is 0 Å². The molecule has 0 aromatic heterocycles. The first kappa shape index (κ1) is 13.3. The molecule has 2 aliphatic heterocycles. The second-order valence-electron chi connectivity index (χ2n) is 6.14. The van der Waals surface area contributed by atoms with E-state index in [1.807, 2.05) is 6.07 Å². The fourth-order valence-corrected chi connectivity index (χ4v) is 3.68. The number of pyridine rings is 1. The zero-order valence-electron chi connectivity index (χ0n) is 13.4. The predicted octanol–water partition coefficient (Wildman–Crippen LogP) is 5.59. The average Bonchev–Trinajstić information content (AvgIpc) is 3.02. The number of para-hydroxylation sites is 3. The van der Waals surface area contributed by atoms with Crippen LogP contribution in [0, 0.1) is 6.92 Å². The molecule has 0 fully saturated rings. The van der Waals surface area contributed by atoms with Crippen LogP contribution in [0.25, 0.3) is 38.9 Å². The summed E-state index contributed by atoms with van der Waals surface area (Å²) in [7, 11) is 0. The Labute approximate surface area is 140 Å². The highest BCUT2D eigenvalue weighted by atomic mass is 15.1. The van der Waals surface area contributed by atoms with Crippen LogP contribution in [0.5, 0.6) is 0 Å². The van der Waals surface area contributed by atoms with Crippen LogP contribution >= 0.6 is 0 Å². The molecule has 2 aliphatic rings. The summed E-state index contributed by atoms with van der Waals surface area (Å²) in [5.41, 5.74) is 5.92. The third-order valence-corrected chi connectivity index (χ3v) is 4.77. The van der Waals surface area contributed by atoms with Gasteiger partial charge in [0.1, 0.15) is 5.82 Å². The average molecular weight is 308 g/mol. The summed E-state index contributed by atoms with van der Waals surface area (Å²) >= 11 is 0. The fraction of sp³-hybridized carbons (Fsp3) is 0.0455. The molecule has 114 valence electrons. The highest BCUT2D eigenvalue weighted by Crippen LogP contribution is 2.39. The lowest BCUT2D eigenvalue weighted by Gasteiger charge is -2.19. The van der Waals surface area contributed by atoms with Crippen LogP contribution < -0.4 is 0 Å². The van der Waals surface area contributed by atoms with Crippen LogP contribution in [0.4, 0.5) is 0 Å². The molecule has 0 spiro atoms. The first-order chi connectivity index (χ1) is 11.8. The highest BCUT2D eigenvalue weighted by molar-refractivity contribution is 6.04. The van der Waals surface area contributed by atoms with Crippen molar-refractivity contribution in [1.29, 1.82) is 0 Å². The van der Waals surface area contributed by atoms with Gasteiger partial charge in [-0.1, -0.05) is 54.6 Å². The van der Waals surface area contributed by atoms with E-state index in [1.165, 1.54) is 27.4 Å². The van der Waals surface area contributed by atoms with Gasteiger partial charge in [0.2, 0.25) is 0 Å². The summed E-state index contributed by atoms with van der Waals surface area (Å²) in [6.45, 7) is 2.20. The SMILES string of the molecule is Cc1c2c3ccccc3nc-2n(-c2ccccc2)c2ccccc12. The molecule has 0 aliphatic carbocycles. The Morgan fingerprint density at radius 3 is 2.21 bits per heavy atom. The number of hydrogen-bond donors (Lipinski definition) is 0. The standard InChI is InChI=1S/C22H16N2/c1-15-17-11-6-8-14-20(17)24(16-9-3-2-4-10-16)22-21(15)18-12-5-7-13-19(18)23-22/h2-14H,1H3. The molecular weight excluding hydrogens is 292 g/mol. The van der Waals surface area contributed by atoms with Gasteiger partial charge in [-0.3, -0.25) is 4.57 Å². The molecule has 3 aromatic carbocycles. The highest BCUT2D eigenvalue weighted by Gasteiger charge is 2.21. The molecular formula is C22H16N2. The van der Waals surface area contributed by atoms with Gasteiger partial charge in [-0.15, -0.1) is 0 Å². The number of fused-ring (bicyclic) bond motifs is 4. The Hall–Kier alpha value is -3.13. The number of benzene rings is 3. The molecule has 0 saturated heterocycles. The van der Waals surface area contributed by atoms with E-state index >= 15 is 0 Å². The van der Waals surface area contributed by atoms with Gasteiger partial charge in [0, 0.05) is 22.0 Å². The van der Waals surface area contributed by atoms with E-state index in [0.717, 1.165) is 17.0 Å². The van der Waals surface area contributed by atoms with E-state index in [1.54, 1.807) is 0 Å². The molecule has 24 heavy (non-hydrogen) atoms. The Morgan fingerprint density at radius 2 is 1.38 bits per heavy atom. The van der Waals surface area contributed by atoms with Crippen molar-refractivity contribution in [2.45, 2.75) is 6.92 Å². The van der Waals surface area contributed by atoms with Crippen molar-refractivity contribution < 1.29 is 0 Å². The first-order valence-electron chi connectivity index (χ1n) is 8.18. The Bertz CT molecular complexity index is 1150. The lowest BCUT2D eigenvalue weighted by Crippen LogP contribution is -2.04. The van der Waals surface area contributed by atoms with Gasteiger partial charge in [-0.25, -0.2) is 4.98 Å². The fourth-order valence-electron chi connectivity index (χ4n) is 3.68. The van der Waals surface area contributed by atoms with Crippen LogP contribution in [0.2, 0.25) is 0 Å². The maximum Gasteiger partial charge on any atom is 0.146 e. The lowest BCUT2D eigenvalue weighted by molar-refractivity contribution is 1.07. The Morgan fingerprint density at radius 1 is 0.708 bits per heavy atom. The van der Waals surface area contributed by atoms with Crippen molar-refractivity contribution >= 4 is 21.8 Å². The molecule has 3 aromatic rings. The topological polar surface area (TPSA) is 17.8 Å². The number of rotatable bonds is 1. The van der Waals surface area contributed by atoms with E-state index in [9.17, 15) is 0 Å². The van der Waals surface area contributed by atoms with Crippen LogP contribution in [-0.4, -0.2) is 9.55 Å². The van der Waals surface area contributed by atoms with Crippen LogP contribution in [0.1, 0.15) is 5.56 Å². The van der Waals surface area contributed by atoms with Crippen LogP contribution in [-0.2, 0) is 0 Å². The maximum atomic E-state index is 4.97. The van der Waals surface area contributed by atoms with Gasteiger partial charge < -0.3 is 0 Å². The van der Waals surface area contributed by atoms with Crippen LogP contribution in [0.15, 0.2) is 78.9 Å². The van der Waals surface area contributed by atoms with E-state index < -0.39 is 0 Å². The summed E-state index contributed by atoms with van der Waals surface area (Å²) in [5.74, 6) is 1.03. The van der Waals surface area contributed by atoms with Gasteiger partial charge >= 0.3 is 0 Å². The predicted molar refractivity (Wildman–Crippen MR) is 99.9 cm³/mol. The minimum Gasteiger partial charge on any atom is -0.294 e. The summed E-state index contributed by atoms with van der Waals surface area (Å²) in [6.07, 6.45) is 0. The zero-order chi connectivity index (χ0) is 16.1. The molecule has 0 radical (unpaired) electrons. The van der Waals surface area contributed by atoms with E-state index in [2.05, 4.69) is 84.3 Å². The largest absolute Gasteiger partial charge is 0.294 e. The van der Waals surface area contributed by atoms with E-state index in [0.29, 0.717) is 0 Å². The normalized spacial score (nSPS) is 11.5.